The second-order valence-corrected chi connectivity index (χ2v) is 13.7. The minimum atomic E-state index is 0.0287. The number of benzene rings is 5. The van der Waals surface area contributed by atoms with Crippen molar-refractivity contribution in [1.82, 2.24) is 9.47 Å². The van der Waals surface area contributed by atoms with Crippen molar-refractivity contribution in [1.29, 1.82) is 0 Å². The molecule has 5 heteroatoms. The van der Waals surface area contributed by atoms with E-state index in [1.54, 1.807) is 0 Å². The average molecular weight is 617 g/mol. The van der Waals surface area contributed by atoms with Gasteiger partial charge in [-0.3, -0.25) is 9.69 Å². The molecule has 44 heavy (non-hydrogen) atoms. The summed E-state index contributed by atoms with van der Waals surface area (Å²) in [7, 11) is 0. The fourth-order valence-corrected chi connectivity index (χ4v) is 8.80. The lowest BCUT2D eigenvalue weighted by Crippen LogP contribution is -2.45. The molecule has 3 nitrogen and oxygen atoms in total. The summed E-state index contributed by atoms with van der Waals surface area (Å²) in [5, 5.41) is 12.5. The van der Waals surface area contributed by atoms with Gasteiger partial charge in [-0.05, 0) is 65.1 Å². The van der Waals surface area contributed by atoms with Gasteiger partial charge in [-0.25, -0.2) is 0 Å². The summed E-state index contributed by atoms with van der Waals surface area (Å²) in [6.07, 6.45) is 9.10. The Hall–Kier alpha value is -3.41. The Morgan fingerprint density at radius 3 is 1.73 bits per heavy atom. The number of unbranched alkanes of at least 4 members (excludes halogenated alkanes) is 4. The van der Waals surface area contributed by atoms with Gasteiger partial charge in [0.1, 0.15) is 9.63 Å². The smallest absolute Gasteiger partial charge is 0.259 e. The van der Waals surface area contributed by atoms with E-state index < -0.39 is 0 Å². The maximum absolute atomic E-state index is 14.0. The zero-order chi connectivity index (χ0) is 30.9. The van der Waals surface area contributed by atoms with E-state index in [9.17, 15) is 4.79 Å². The van der Waals surface area contributed by atoms with E-state index in [1.807, 2.05) is 11.0 Å². The van der Waals surface area contributed by atoms with Crippen LogP contribution in [0.4, 0.5) is 0 Å². The molecule has 0 bridgehead atoms. The lowest BCUT2D eigenvalue weighted by molar-refractivity contribution is 0.0807. The van der Waals surface area contributed by atoms with Gasteiger partial charge in [0.05, 0.1) is 0 Å². The number of hydrogen-bond donors (Lipinski definition) is 0. The highest BCUT2D eigenvalue weighted by Gasteiger charge is 2.34. The predicted molar refractivity (Wildman–Crippen MR) is 195 cm³/mol. The summed E-state index contributed by atoms with van der Waals surface area (Å²) in [6.45, 7) is 13.5. The monoisotopic (exact) mass is 616 g/mol. The maximum Gasteiger partial charge on any atom is 0.259 e. The van der Waals surface area contributed by atoms with Crippen LogP contribution >= 0.6 is 24.4 Å². The number of thiocarbonyl (C=S) groups is 1. The highest BCUT2D eigenvalue weighted by atomic mass is 32.1. The van der Waals surface area contributed by atoms with Crippen molar-refractivity contribution in [2.45, 2.75) is 91.1 Å². The lowest BCUT2D eigenvalue weighted by Gasteiger charge is -2.35. The SMILES string of the molecule is C=c1c2ccc3c4ccc5c6c(ccc(c7ccc(c(=S)n1[C@H](C)CCCCC)c2c37)c64)C(=O)N([C@@H](C)CCCCC)C5=S. The maximum atomic E-state index is 14.0. The first-order valence-electron chi connectivity index (χ1n) is 16.4. The number of hydrogen-bond acceptors (Lipinski definition) is 3. The Labute approximate surface area is 269 Å². The van der Waals surface area contributed by atoms with Crippen molar-refractivity contribution in [3.63, 3.8) is 0 Å². The minimum absolute atomic E-state index is 0.0287. The van der Waals surface area contributed by atoms with E-state index in [-0.39, 0.29) is 11.9 Å². The third-order valence-corrected chi connectivity index (χ3v) is 11.0. The molecule has 1 aliphatic heterocycles. The molecular weight excluding hydrogens is 577 g/mol. The molecule has 224 valence electrons. The van der Waals surface area contributed by atoms with E-state index >= 15 is 0 Å². The topological polar surface area (TPSA) is 25.2 Å². The molecule has 0 unspecified atom stereocenters. The molecule has 2 heterocycles. The molecule has 2 atom stereocenters. The molecule has 7 rings (SSSR count). The fourth-order valence-electron chi connectivity index (χ4n) is 7.90. The molecule has 0 spiro atoms. The molecular formula is C39H40N2OS2. The van der Waals surface area contributed by atoms with Crippen LogP contribution in [-0.2, 0) is 0 Å². The van der Waals surface area contributed by atoms with Crippen LogP contribution in [-0.4, -0.2) is 26.4 Å². The molecule has 0 fully saturated rings. The molecule has 0 saturated carbocycles. The first kappa shape index (κ1) is 29.3. The van der Waals surface area contributed by atoms with E-state index in [0.717, 1.165) is 79.1 Å². The normalized spacial score (nSPS) is 15.1. The molecule has 5 aromatic carbocycles. The highest BCUT2D eigenvalue weighted by Crippen LogP contribution is 2.46. The number of pyridine rings is 1. The van der Waals surface area contributed by atoms with E-state index in [1.165, 1.54) is 47.2 Å². The first-order valence-corrected chi connectivity index (χ1v) is 17.2. The van der Waals surface area contributed by atoms with Crippen LogP contribution in [0.2, 0.25) is 0 Å². The van der Waals surface area contributed by atoms with Crippen LogP contribution in [0.25, 0.3) is 60.4 Å². The summed E-state index contributed by atoms with van der Waals surface area (Å²) in [6, 6.07) is 17.9. The molecule has 0 N–H and O–H groups in total. The van der Waals surface area contributed by atoms with Crippen LogP contribution in [0.5, 0.6) is 0 Å². The lowest BCUT2D eigenvalue weighted by atomic mass is 9.83. The Morgan fingerprint density at radius 2 is 1.11 bits per heavy atom. The minimum Gasteiger partial charge on any atom is -0.329 e. The van der Waals surface area contributed by atoms with Gasteiger partial charge in [0.25, 0.3) is 5.91 Å². The van der Waals surface area contributed by atoms with E-state index in [4.69, 9.17) is 24.4 Å². The van der Waals surface area contributed by atoms with E-state index in [0.29, 0.717) is 11.0 Å². The Kier molecular flexibility index (Phi) is 7.45. The first-order chi connectivity index (χ1) is 21.3. The van der Waals surface area contributed by atoms with Crippen molar-refractivity contribution >= 4 is 95.8 Å². The van der Waals surface area contributed by atoms with Crippen molar-refractivity contribution in [2.24, 2.45) is 0 Å². The number of amides is 1. The standard InChI is InChI=1S/C39H40N2OS2/c1-6-8-10-12-22(3)40-24(5)25-14-15-26-29-18-21-32-36-30(37(42)41(39(32)44)23(4)13-11-9-7-2)19-16-27(35(29)36)28-17-20-31(38(40)43)33(25)34(26)28/h14-23H,5-13H2,1-4H3/t22-,23+/m1/s1. The molecule has 1 aromatic heterocycles. The van der Waals surface area contributed by atoms with Gasteiger partial charge < -0.3 is 4.57 Å². The molecule has 0 aliphatic carbocycles. The Balaban J connectivity index is 1.47. The van der Waals surface area contributed by atoms with Gasteiger partial charge in [-0.1, -0.05) is 126 Å². The zero-order valence-electron chi connectivity index (χ0n) is 26.3. The van der Waals surface area contributed by atoms with Crippen LogP contribution in [0.1, 0.15) is 101 Å². The van der Waals surface area contributed by atoms with Gasteiger partial charge in [0.2, 0.25) is 0 Å². The van der Waals surface area contributed by atoms with Crippen molar-refractivity contribution in [3.8, 4) is 0 Å². The largest absolute Gasteiger partial charge is 0.329 e. The van der Waals surface area contributed by atoms with Crippen LogP contribution < -0.4 is 5.35 Å². The quantitative estimate of drug-likeness (QED) is 0.0663. The van der Waals surface area contributed by atoms with Gasteiger partial charge >= 0.3 is 0 Å². The predicted octanol–water partition coefficient (Wildman–Crippen LogP) is 10.8. The molecule has 1 aliphatic rings. The molecule has 6 aromatic rings. The number of nitrogens with zero attached hydrogens (tertiary/aromatic N) is 2. The van der Waals surface area contributed by atoms with Gasteiger partial charge in [-0.2, -0.15) is 0 Å². The summed E-state index contributed by atoms with van der Waals surface area (Å²) in [4.78, 5) is 16.6. The Morgan fingerprint density at radius 1 is 0.636 bits per heavy atom. The van der Waals surface area contributed by atoms with Gasteiger partial charge in [0.15, 0.2) is 0 Å². The number of aromatic nitrogens is 1. The second-order valence-electron chi connectivity index (χ2n) is 12.9. The van der Waals surface area contributed by atoms with Crippen molar-refractivity contribution in [3.05, 3.63) is 69.6 Å². The Bertz CT molecular complexity index is 2100. The number of fused-ring (bicyclic) bond motifs is 2. The number of rotatable bonds is 10. The van der Waals surface area contributed by atoms with Crippen LogP contribution in [0.15, 0.2) is 48.5 Å². The molecule has 0 radical (unpaired) electrons. The van der Waals surface area contributed by atoms with E-state index in [2.05, 4.69) is 81.3 Å². The highest BCUT2D eigenvalue weighted by molar-refractivity contribution is 7.80. The summed E-state index contributed by atoms with van der Waals surface area (Å²) in [5.74, 6) is 0.0287. The molecule has 0 saturated heterocycles. The van der Waals surface area contributed by atoms with Crippen LogP contribution in [0.3, 0.4) is 0 Å². The summed E-state index contributed by atoms with van der Waals surface area (Å²) < 4.78 is 3.16. The number of carbonyl (C=O) groups is 1. The zero-order valence-corrected chi connectivity index (χ0v) is 27.9. The fraction of sp³-hybridized carbons (Fsp3) is 0.359. The van der Waals surface area contributed by atoms with Crippen molar-refractivity contribution in [2.75, 3.05) is 0 Å². The summed E-state index contributed by atoms with van der Waals surface area (Å²) in [5.41, 5.74) is 1.75. The molecule has 1 amide bonds. The number of carbonyl (C=O) groups excluding carboxylic acids is 1. The van der Waals surface area contributed by atoms with Gasteiger partial charge in [-0.15, -0.1) is 0 Å². The van der Waals surface area contributed by atoms with Gasteiger partial charge in [0, 0.05) is 50.1 Å². The third-order valence-electron chi connectivity index (χ3n) is 10.2. The second kappa shape index (κ2) is 11.2. The van der Waals surface area contributed by atoms with Crippen LogP contribution in [0, 0.1) is 4.64 Å². The third kappa shape index (κ3) is 4.15. The average Bonchev–Trinajstić information content (AvgIpc) is 3.02. The summed E-state index contributed by atoms with van der Waals surface area (Å²) >= 11 is 12.2. The van der Waals surface area contributed by atoms with Crippen molar-refractivity contribution < 1.29 is 4.79 Å².